The van der Waals surface area contributed by atoms with Crippen LogP contribution in [-0.2, 0) is 17.6 Å². The van der Waals surface area contributed by atoms with Crippen LogP contribution in [0, 0.1) is 0 Å². The van der Waals surface area contributed by atoms with Crippen LogP contribution in [0.15, 0.2) is 103 Å². The molecule has 0 aliphatic rings. The molecule has 4 aromatic carbocycles. The number of fused-ring (bicyclic) bond motifs is 1. The van der Waals surface area contributed by atoms with E-state index in [2.05, 4.69) is 65.8 Å². The van der Waals surface area contributed by atoms with Crippen molar-refractivity contribution in [1.29, 1.82) is 0 Å². The van der Waals surface area contributed by atoms with Crippen LogP contribution in [0.2, 0.25) is 0 Å². The molecule has 0 aromatic heterocycles. The predicted octanol–water partition coefficient (Wildman–Crippen LogP) is 5.25. The maximum absolute atomic E-state index is 12.9. The standard InChI is InChI=1S/C28H28N2O/c1-30(27-14-6-3-7-15-27)21-26(19-22-10-4-2-5-11-22)29-28(31)20-23-16-17-24-12-8-9-13-25(24)18-23/h2-18,26H,19-21H2,1H3,(H,29,31)/t26-/m0/s1. The van der Waals surface area contributed by atoms with Crippen molar-refractivity contribution in [3.8, 4) is 0 Å². The zero-order valence-electron chi connectivity index (χ0n) is 17.9. The van der Waals surface area contributed by atoms with Crippen LogP contribution >= 0.6 is 0 Å². The van der Waals surface area contributed by atoms with Crippen LogP contribution in [0.1, 0.15) is 11.1 Å². The monoisotopic (exact) mass is 408 g/mol. The first kappa shape index (κ1) is 20.7. The second-order valence-electron chi connectivity index (χ2n) is 8.03. The van der Waals surface area contributed by atoms with E-state index in [1.165, 1.54) is 10.9 Å². The smallest absolute Gasteiger partial charge is 0.224 e. The van der Waals surface area contributed by atoms with Crippen LogP contribution in [0.5, 0.6) is 0 Å². The first-order chi connectivity index (χ1) is 15.2. The van der Waals surface area contributed by atoms with Crippen molar-refractivity contribution in [1.82, 2.24) is 5.32 Å². The molecule has 0 aliphatic heterocycles. The lowest BCUT2D eigenvalue weighted by Gasteiger charge is -2.27. The number of hydrogen-bond acceptors (Lipinski definition) is 2. The number of hydrogen-bond donors (Lipinski definition) is 1. The summed E-state index contributed by atoms with van der Waals surface area (Å²) in [5, 5.41) is 5.64. The number of nitrogens with one attached hydrogen (secondary N) is 1. The molecule has 1 N–H and O–H groups in total. The summed E-state index contributed by atoms with van der Waals surface area (Å²) in [7, 11) is 2.07. The highest BCUT2D eigenvalue weighted by molar-refractivity contribution is 5.85. The third-order valence-electron chi connectivity index (χ3n) is 5.56. The molecule has 1 atom stereocenters. The topological polar surface area (TPSA) is 32.3 Å². The van der Waals surface area contributed by atoms with Gasteiger partial charge in [0.05, 0.1) is 12.5 Å². The average molecular weight is 409 g/mol. The summed E-state index contributed by atoms with van der Waals surface area (Å²) in [6.45, 7) is 0.738. The summed E-state index contributed by atoms with van der Waals surface area (Å²) in [6.07, 6.45) is 1.17. The van der Waals surface area contributed by atoms with Gasteiger partial charge in [0.2, 0.25) is 5.91 Å². The largest absolute Gasteiger partial charge is 0.373 e. The Kier molecular flexibility index (Phi) is 6.63. The van der Waals surface area contributed by atoms with Gasteiger partial charge in [-0.25, -0.2) is 0 Å². The van der Waals surface area contributed by atoms with Crippen molar-refractivity contribution >= 4 is 22.4 Å². The first-order valence-corrected chi connectivity index (χ1v) is 10.7. The molecule has 1 amide bonds. The summed E-state index contributed by atoms with van der Waals surface area (Å²) < 4.78 is 0. The Labute approximate surface area is 184 Å². The lowest BCUT2D eigenvalue weighted by molar-refractivity contribution is -0.121. The molecule has 0 saturated carbocycles. The van der Waals surface area contributed by atoms with Gasteiger partial charge in [-0.2, -0.15) is 0 Å². The average Bonchev–Trinajstić information content (AvgIpc) is 2.80. The summed E-state index contributed by atoms with van der Waals surface area (Å²) in [5.74, 6) is 0.0534. The highest BCUT2D eigenvalue weighted by Crippen LogP contribution is 2.17. The van der Waals surface area contributed by atoms with Gasteiger partial charge in [-0.05, 0) is 40.5 Å². The van der Waals surface area contributed by atoms with Gasteiger partial charge in [-0.15, -0.1) is 0 Å². The van der Waals surface area contributed by atoms with Gasteiger partial charge in [-0.1, -0.05) is 91.0 Å². The first-order valence-electron chi connectivity index (χ1n) is 10.7. The van der Waals surface area contributed by atoms with E-state index in [0.717, 1.165) is 29.6 Å². The van der Waals surface area contributed by atoms with Gasteiger partial charge in [0.1, 0.15) is 0 Å². The summed E-state index contributed by atoms with van der Waals surface area (Å²) >= 11 is 0. The zero-order chi connectivity index (χ0) is 21.5. The molecule has 0 unspecified atom stereocenters. The second-order valence-corrected chi connectivity index (χ2v) is 8.03. The third-order valence-corrected chi connectivity index (χ3v) is 5.56. The Balaban J connectivity index is 1.46. The highest BCUT2D eigenvalue weighted by Gasteiger charge is 2.16. The van der Waals surface area contributed by atoms with E-state index < -0.39 is 0 Å². The molecule has 0 radical (unpaired) electrons. The van der Waals surface area contributed by atoms with E-state index in [-0.39, 0.29) is 11.9 Å². The Morgan fingerprint density at radius 2 is 1.42 bits per heavy atom. The van der Waals surface area contributed by atoms with Crippen molar-refractivity contribution in [3.05, 3.63) is 114 Å². The highest BCUT2D eigenvalue weighted by atomic mass is 16.1. The van der Waals surface area contributed by atoms with Gasteiger partial charge in [-0.3, -0.25) is 4.79 Å². The fourth-order valence-electron chi connectivity index (χ4n) is 3.99. The fraction of sp³-hybridized carbons (Fsp3) is 0.179. The molecule has 0 spiro atoms. The quantitative estimate of drug-likeness (QED) is 0.432. The van der Waals surface area contributed by atoms with E-state index in [1.807, 2.05) is 54.6 Å². The molecule has 0 bridgehead atoms. The Morgan fingerprint density at radius 3 is 2.16 bits per heavy atom. The molecule has 0 heterocycles. The lowest BCUT2D eigenvalue weighted by atomic mass is 10.0. The second kappa shape index (κ2) is 9.94. The van der Waals surface area contributed by atoms with Crippen LogP contribution < -0.4 is 10.2 Å². The number of para-hydroxylation sites is 1. The maximum Gasteiger partial charge on any atom is 0.224 e. The van der Waals surface area contributed by atoms with E-state index >= 15 is 0 Å². The normalized spacial score (nSPS) is 11.8. The maximum atomic E-state index is 12.9. The minimum absolute atomic E-state index is 0.0144. The van der Waals surface area contributed by atoms with E-state index in [4.69, 9.17) is 0 Å². The van der Waals surface area contributed by atoms with Crippen LogP contribution in [0.3, 0.4) is 0 Å². The van der Waals surface area contributed by atoms with Gasteiger partial charge in [0.25, 0.3) is 0 Å². The predicted molar refractivity (Wildman–Crippen MR) is 129 cm³/mol. The molecule has 4 rings (SSSR count). The molecular weight excluding hydrogens is 380 g/mol. The van der Waals surface area contributed by atoms with Gasteiger partial charge in [0.15, 0.2) is 0 Å². The number of rotatable bonds is 8. The SMILES string of the molecule is CN(C[C@H](Cc1ccccc1)NC(=O)Cc1ccc2ccccc2c1)c1ccccc1. The Morgan fingerprint density at radius 1 is 0.774 bits per heavy atom. The van der Waals surface area contributed by atoms with E-state index in [9.17, 15) is 4.79 Å². The molecule has 0 fully saturated rings. The van der Waals surface area contributed by atoms with E-state index in [0.29, 0.717) is 6.42 Å². The summed E-state index contributed by atoms with van der Waals surface area (Å²) in [4.78, 5) is 15.1. The number of likely N-dealkylation sites (N-methyl/N-ethyl adjacent to an activating group) is 1. The molecule has 0 aliphatic carbocycles. The third kappa shape index (κ3) is 5.73. The zero-order valence-corrected chi connectivity index (χ0v) is 17.9. The lowest BCUT2D eigenvalue weighted by Crippen LogP contribution is -2.44. The summed E-state index contributed by atoms with van der Waals surface area (Å²) in [5.41, 5.74) is 3.40. The molecule has 31 heavy (non-hydrogen) atoms. The summed E-state index contributed by atoms with van der Waals surface area (Å²) in [6, 6.07) is 35.1. The van der Waals surface area contributed by atoms with Crippen molar-refractivity contribution in [2.75, 3.05) is 18.5 Å². The molecular formula is C28H28N2O. The number of benzene rings is 4. The van der Waals surface area contributed by atoms with Crippen molar-refractivity contribution < 1.29 is 4.79 Å². The van der Waals surface area contributed by atoms with Crippen LogP contribution in [-0.4, -0.2) is 25.5 Å². The minimum atomic E-state index is 0.0144. The number of amides is 1. The molecule has 0 saturated heterocycles. The fourth-order valence-corrected chi connectivity index (χ4v) is 3.99. The number of carbonyl (C=O) groups excluding carboxylic acids is 1. The van der Waals surface area contributed by atoms with Crippen molar-refractivity contribution in [2.24, 2.45) is 0 Å². The Bertz CT molecular complexity index is 1130. The molecule has 4 aromatic rings. The van der Waals surface area contributed by atoms with Crippen LogP contribution in [0.25, 0.3) is 10.8 Å². The van der Waals surface area contributed by atoms with Crippen molar-refractivity contribution in [3.63, 3.8) is 0 Å². The van der Waals surface area contributed by atoms with Crippen LogP contribution in [0.4, 0.5) is 5.69 Å². The molecule has 3 heteroatoms. The molecule has 3 nitrogen and oxygen atoms in total. The minimum Gasteiger partial charge on any atom is -0.373 e. The van der Waals surface area contributed by atoms with E-state index in [1.54, 1.807) is 0 Å². The van der Waals surface area contributed by atoms with Gasteiger partial charge in [0, 0.05) is 19.3 Å². The molecule has 156 valence electrons. The number of carbonyl (C=O) groups is 1. The Hall–Kier alpha value is -3.59. The van der Waals surface area contributed by atoms with Crippen molar-refractivity contribution in [2.45, 2.75) is 18.9 Å². The number of anilines is 1. The number of nitrogens with zero attached hydrogens (tertiary/aromatic N) is 1. The van der Waals surface area contributed by atoms with Gasteiger partial charge >= 0.3 is 0 Å². The van der Waals surface area contributed by atoms with Gasteiger partial charge < -0.3 is 10.2 Å².